The van der Waals surface area contributed by atoms with E-state index >= 15 is 0 Å². The Hall–Kier alpha value is -2.04. The Balaban J connectivity index is 2.28. The van der Waals surface area contributed by atoms with Crippen molar-refractivity contribution in [2.75, 3.05) is 13.7 Å². The molecule has 0 amide bonds. The summed E-state index contributed by atoms with van der Waals surface area (Å²) in [5, 5.41) is 12.9. The lowest BCUT2D eigenvalue weighted by Crippen LogP contribution is -2.04. The van der Waals surface area contributed by atoms with Gasteiger partial charge in [-0.1, -0.05) is 5.16 Å². The SMILES string of the molecule is COc1cc(S[C@H](CCN)c2ccno2)c(C#N)cn1. The van der Waals surface area contributed by atoms with Gasteiger partial charge in [0.25, 0.3) is 0 Å². The second-order valence-corrected chi connectivity index (χ2v) is 5.18. The molecule has 2 rings (SSSR count). The van der Waals surface area contributed by atoms with E-state index in [9.17, 15) is 0 Å². The molecule has 0 unspecified atom stereocenters. The lowest BCUT2D eigenvalue weighted by Gasteiger charge is -2.13. The van der Waals surface area contributed by atoms with Gasteiger partial charge in [-0.05, 0) is 13.0 Å². The highest BCUT2D eigenvalue weighted by Gasteiger charge is 2.19. The summed E-state index contributed by atoms with van der Waals surface area (Å²) in [7, 11) is 1.54. The molecule has 1 atom stereocenters. The third-order valence-electron chi connectivity index (χ3n) is 2.64. The Kier molecular flexibility index (Phi) is 4.98. The van der Waals surface area contributed by atoms with Gasteiger partial charge in [0.05, 0.1) is 24.1 Å². The number of methoxy groups -OCH3 is 1. The van der Waals surface area contributed by atoms with E-state index in [1.165, 1.54) is 25.1 Å². The van der Waals surface area contributed by atoms with Crippen LogP contribution in [0.4, 0.5) is 0 Å². The molecule has 6 nitrogen and oxygen atoms in total. The number of hydrogen-bond acceptors (Lipinski definition) is 7. The van der Waals surface area contributed by atoms with Crippen LogP contribution in [0.15, 0.2) is 33.9 Å². The van der Waals surface area contributed by atoms with Gasteiger partial charge in [0.15, 0.2) is 0 Å². The Morgan fingerprint density at radius 3 is 3.05 bits per heavy atom. The summed E-state index contributed by atoms with van der Waals surface area (Å²) in [6, 6.07) is 5.67. The van der Waals surface area contributed by atoms with E-state index in [1.54, 1.807) is 18.3 Å². The largest absolute Gasteiger partial charge is 0.481 e. The molecule has 20 heavy (non-hydrogen) atoms. The number of rotatable bonds is 6. The number of ether oxygens (including phenoxy) is 1. The second kappa shape index (κ2) is 6.93. The first kappa shape index (κ1) is 14.4. The van der Waals surface area contributed by atoms with Crippen molar-refractivity contribution < 1.29 is 9.26 Å². The second-order valence-electron chi connectivity index (χ2n) is 3.93. The zero-order chi connectivity index (χ0) is 14.4. The molecular formula is C13H14N4O2S. The van der Waals surface area contributed by atoms with Gasteiger partial charge in [0.2, 0.25) is 5.88 Å². The minimum absolute atomic E-state index is 0.00158. The van der Waals surface area contributed by atoms with Crippen molar-refractivity contribution in [3.63, 3.8) is 0 Å². The van der Waals surface area contributed by atoms with Crippen molar-refractivity contribution in [1.82, 2.24) is 10.1 Å². The number of aromatic nitrogens is 2. The zero-order valence-electron chi connectivity index (χ0n) is 10.9. The third kappa shape index (κ3) is 3.29. The fourth-order valence-electron chi connectivity index (χ4n) is 1.67. The fraction of sp³-hybridized carbons (Fsp3) is 0.308. The number of pyridine rings is 1. The van der Waals surface area contributed by atoms with Gasteiger partial charge in [-0.2, -0.15) is 5.26 Å². The van der Waals surface area contributed by atoms with Gasteiger partial charge >= 0.3 is 0 Å². The van der Waals surface area contributed by atoms with Gasteiger partial charge in [-0.15, -0.1) is 11.8 Å². The highest BCUT2D eigenvalue weighted by molar-refractivity contribution is 7.99. The topological polar surface area (TPSA) is 98.0 Å². The molecular weight excluding hydrogens is 276 g/mol. The predicted octanol–water partition coefficient (Wildman–Crippen LogP) is 2.13. The van der Waals surface area contributed by atoms with E-state index in [-0.39, 0.29) is 5.25 Å². The standard InChI is InChI=1S/C13H14N4O2S/c1-18-13-6-12(9(7-15)8-16-13)20-11(2-4-14)10-3-5-17-19-10/h3,5-6,8,11H,2,4,14H2,1H3/t11-/m1/s1. The van der Waals surface area contributed by atoms with Crippen LogP contribution in [0.25, 0.3) is 0 Å². The van der Waals surface area contributed by atoms with Gasteiger partial charge in [0, 0.05) is 23.2 Å². The van der Waals surface area contributed by atoms with Crippen molar-refractivity contribution in [3.05, 3.63) is 35.9 Å². The summed E-state index contributed by atoms with van der Waals surface area (Å²) in [5.41, 5.74) is 6.14. The summed E-state index contributed by atoms with van der Waals surface area (Å²) in [4.78, 5) is 4.81. The summed E-state index contributed by atoms with van der Waals surface area (Å²) in [5.74, 6) is 1.20. The number of thioether (sulfide) groups is 1. The van der Waals surface area contributed by atoms with Crippen LogP contribution in [-0.2, 0) is 0 Å². The maximum absolute atomic E-state index is 9.15. The van der Waals surface area contributed by atoms with Crippen molar-refractivity contribution in [1.29, 1.82) is 5.26 Å². The molecule has 0 aromatic carbocycles. The molecule has 0 aliphatic rings. The molecule has 0 bridgehead atoms. The Labute approximate surface area is 120 Å². The van der Waals surface area contributed by atoms with E-state index < -0.39 is 0 Å². The number of nitrogens with zero attached hydrogens (tertiary/aromatic N) is 3. The summed E-state index contributed by atoms with van der Waals surface area (Å²) >= 11 is 1.50. The third-order valence-corrected chi connectivity index (χ3v) is 3.99. The molecule has 2 heterocycles. The summed E-state index contributed by atoms with van der Waals surface area (Å²) in [6.07, 6.45) is 3.81. The molecule has 2 aromatic heterocycles. The van der Waals surface area contributed by atoms with Crippen LogP contribution >= 0.6 is 11.8 Å². The Bertz CT molecular complexity index is 595. The molecule has 7 heteroatoms. The van der Waals surface area contributed by atoms with E-state index in [4.69, 9.17) is 20.3 Å². The van der Waals surface area contributed by atoms with Crippen LogP contribution in [0.1, 0.15) is 23.0 Å². The predicted molar refractivity (Wildman–Crippen MR) is 74.3 cm³/mol. The molecule has 0 saturated carbocycles. The highest BCUT2D eigenvalue weighted by atomic mass is 32.2. The van der Waals surface area contributed by atoms with Gasteiger partial charge in [-0.3, -0.25) is 0 Å². The minimum Gasteiger partial charge on any atom is -0.481 e. The maximum Gasteiger partial charge on any atom is 0.214 e. The van der Waals surface area contributed by atoms with Gasteiger partial charge < -0.3 is 15.0 Å². The van der Waals surface area contributed by atoms with Crippen LogP contribution in [0.5, 0.6) is 5.88 Å². The minimum atomic E-state index is 0.00158. The highest BCUT2D eigenvalue weighted by Crippen LogP contribution is 2.39. The molecule has 2 N–H and O–H groups in total. The van der Waals surface area contributed by atoms with E-state index in [1.807, 2.05) is 0 Å². The molecule has 0 spiro atoms. The van der Waals surface area contributed by atoms with Gasteiger partial charge in [-0.25, -0.2) is 4.98 Å². The van der Waals surface area contributed by atoms with Crippen molar-refractivity contribution in [2.45, 2.75) is 16.6 Å². The van der Waals surface area contributed by atoms with Crippen LogP contribution < -0.4 is 10.5 Å². The first-order chi connectivity index (χ1) is 9.78. The van der Waals surface area contributed by atoms with E-state index in [0.29, 0.717) is 18.0 Å². The van der Waals surface area contributed by atoms with Gasteiger partial charge in [0.1, 0.15) is 11.8 Å². The zero-order valence-corrected chi connectivity index (χ0v) is 11.8. The molecule has 2 aromatic rings. The monoisotopic (exact) mass is 290 g/mol. The molecule has 0 aliphatic heterocycles. The number of hydrogen-bond donors (Lipinski definition) is 1. The molecule has 104 valence electrons. The first-order valence-corrected chi connectivity index (χ1v) is 6.88. The molecule has 0 radical (unpaired) electrons. The van der Waals surface area contributed by atoms with Crippen LogP contribution in [0.2, 0.25) is 0 Å². The average Bonchev–Trinajstić information content (AvgIpc) is 3.00. The molecule has 0 aliphatic carbocycles. The number of nitriles is 1. The van der Waals surface area contributed by atoms with Crippen LogP contribution in [0, 0.1) is 11.3 Å². The summed E-state index contributed by atoms with van der Waals surface area (Å²) in [6.45, 7) is 0.516. The fourth-order valence-corrected chi connectivity index (χ4v) is 2.86. The van der Waals surface area contributed by atoms with Crippen molar-refractivity contribution >= 4 is 11.8 Å². The smallest absolute Gasteiger partial charge is 0.214 e. The molecule has 0 fully saturated rings. The Morgan fingerprint density at radius 2 is 2.45 bits per heavy atom. The maximum atomic E-state index is 9.15. The van der Waals surface area contributed by atoms with Crippen LogP contribution in [-0.4, -0.2) is 23.8 Å². The van der Waals surface area contributed by atoms with Crippen LogP contribution in [0.3, 0.4) is 0 Å². The first-order valence-electron chi connectivity index (χ1n) is 6.00. The average molecular weight is 290 g/mol. The Morgan fingerprint density at radius 1 is 1.60 bits per heavy atom. The van der Waals surface area contributed by atoms with Crippen molar-refractivity contribution in [3.8, 4) is 11.9 Å². The van der Waals surface area contributed by atoms with Crippen molar-refractivity contribution in [2.24, 2.45) is 5.73 Å². The van der Waals surface area contributed by atoms with E-state index in [0.717, 1.165) is 17.1 Å². The normalized spacial score (nSPS) is 11.8. The quantitative estimate of drug-likeness (QED) is 0.814. The lowest BCUT2D eigenvalue weighted by atomic mass is 10.2. The number of nitrogens with two attached hydrogens (primary N) is 1. The lowest BCUT2D eigenvalue weighted by molar-refractivity contribution is 0.379. The summed E-state index contributed by atoms with van der Waals surface area (Å²) < 4.78 is 10.3. The molecule has 0 saturated heterocycles. The van der Waals surface area contributed by atoms with E-state index in [2.05, 4.69) is 16.2 Å².